The van der Waals surface area contributed by atoms with Crippen LogP contribution in [0.3, 0.4) is 0 Å². The van der Waals surface area contributed by atoms with Gasteiger partial charge in [0.2, 0.25) is 0 Å². The maximum Gasteiger partial charge on any atom is 0.0988 e. The van der Waals surface area contributed by atoms with Gasteiger partial charge in [0.1, 0.15) is 0 Å². The summed E-state index contributed by atoms with van der Waals surface area (Å²) in [5, 5.41) is 1.47. The minimum atomic E-state index is 0.469. The summed E-state index contributed by atoms with van der Waals surface area (Å²) in [5.74, 6) is 0. The molecule has 0 N–H and O–H groups in total. The first kappa shape index (κ1) is 9.72. The van der Waals surface area contributed by atoms with Gasteiger partial charge in [0, 0.05) is 16.6 Å². The molecule has 2 aliphatic rings. The van der Waals surface area contributed by atoms with E-state index in [1.54, 1.807) is 11.3 Å². The van der Waals surface area contributed by atoms with Crippen LogP contribution >= 0.6 is 0 Å². The van der Waals surface area contributed by atoms with Crippen LogP contribution in [0, 0.1) is 0 Å². The SMILES string of the molecule is c1ccc2c(c1)c1c(n2C[C@H]2CO2)CCCC1. The topological polar surface area (TPSA) is 17.5 Å². The summed E-state index contributed by atoms with van der Waals surface area (Å²) >= 11 is 0. The van der Waals surface area contributed by atoms with Gasteiger partial charge in [-0.15, -0.1) is 0 Å². The van der Waals surface area contributed by atoms with Gasteiger partial charge in [0.25, 0.3) is 0 Å². The van der Waals surface area contributed by atoms with Gasteiger partial charge >= 0.3 is 0 Å². The standard InChI is InChI=1S/C15H17NO/c1-3-7-14-12(5-1)13-6-2-4-8-15(13)16(14)9-11-10-17-11/h1,3,5,7,11H,2,4,6,8-10H2/t11-/m0/s1. The van der Waals surface area contributed by atoms with Gasteiger partial charge < -0.3 is 9.30 Å². The first-order chi connectivity index (χ1) is 8.43. The van der Waals surface area contributed by atoms with Gasteiger partial charge in [-0.1, -0.05) is 18.2 Å². The number of para-hydroxylation sites is 1. The lowest BCUT2D eigenvalue weighted by atomic mass is 9.95. The van der Waals surface area contributed by atoms with Gasteiger partial charge in [-0.2, -0.15) is 0 Å². The van der Waals surface area contributed by atoms with E-state index in [4.69, 9.17) is 4.74 Å². The van der Waals surface area contributed by atoms with Crippen LogP contribution in [-0.4, -0.2) is 17.3 Å². The fraction of sp³-hybridized carbons (Fsp3) is 0.467. The molecule has 0 amide bonds. The number of epoxide rings is 1. The molecule has 17 heavy (non-hydrogen) atoms. The van der Waals surface area contributed by atoms with E-state index < -0.39 is 0 Å². The number of aryl methyl sites for hydroxylation is 1. The maximum absolute atomic E-state index is 5.40. The van der Waals surface area contributed by atoms with Gasteiger partial charge in [0.05, 0.1) is 19.3 Å². The normalized spacial score (nSPS) is 22.7. The fourth-order valence-corrected chi connectivity index (χ4v) is 3.17. The zero-order valence-electron chi connectivity index (χ0n) is 9.98. The third kappa shape index (κ3) is 1.51. The van der Waals surface area contributed by atoms with E-state index in [-0.39, 0.29) is 0 Å². The number of benzene rings is 1. The molecular weight excluding hydrogens is 210 g/mol. The molecule has 0 spiro atoms. The summed E-state index contributed by atoms with van der Waals surface area (Å²) in [6.07, 6.45) is 5.66. The Morgan fingerprint density at radius 1 is 1.18 bits per heavy atom. The first-order valence-corrected chi connectivity index (χ1v) is 6.64. The van der Waals surface area contributed by atoms with Crippen molar-refractivity contribution < 1.29 is 4.74 Å². The lowest BCUT2D eigenvalue weighted by molar-refractivity contribution is 0.382. The molecule has 1 atom stereocenters. The van der Waals surface area contributed by atoms with Crippen molar-refractivity contribution in [3.63, 3.8) is 0 Å². The number of nitrogens with zero attached hydrogens (tertiary/aromatic N) is 1. The van der Waals surface area contributed by atoms with Crippen molar-refractivity contribution in [3.8, 4) is 0 Å². The Labute approximate surface area is 101 Å². The molecule has 1 aliphatic heterocycles. The number of rotatable bonds is 2. The fourth-order valence-electron chi connectivity index (χ4n) is 3.17. The van der Waals surface area contributed by atoms with Crippen molar-refractivity contribution in [2.75, 3.05) is 6.61 Å². The molecule has 2 aromatic rings. The highest BCUT2D eigenvalue weighted by Crippen LogP contribution is 2.33. The number of fused-ring (bicyclic) bond motifs is 3. The van der Waals surface area contributed by atoms with Crippen molar-refractivity contribution in [1.82, 2.24) is 4.57 Å². The van der Waals surface area contributed by atoms with E-state index in [0.29, 0.717) is 6.10 Å². The predicted molar refractivity (Wildman–Crippen MR) is 68.3 cm³/mol. The summed E-state index contributed by atoms with van der Waals surface area (Å²) < 4.78 is 7.92. The molecule has 1 fully saturated rings. The van der Waals surface area contributed by atoms with Crippen molar-refractivity contribution in [2.45, 2.75) is 38.3 Å². The van der Waals surface area contributed by atoms with Crippen LogP contribution in [0.1, 0.15) is 24.1 Å². The predicted octanol–water partition coefficient (Wildman–Crippen LogP) is 2.92. The second-order valence-corrected chi connectivity index (χ2v) is 5.22. The van der Waals surface area contributed by atoms with E-state index in [9.17, 15) is 0 Å². The van der Waals surface area contributed by atoms with E-state index in [1.807, 2.05) is 0 Å². The van der Waals surface area contributed by atoms with E-state index in [2.05, 4.69) is 28.8 Å². The molecule has 2 heteroatoms. The van der Waals surface area contributed by atoms with Crippen LogP contribution in [0.15, 0.2) is 24.3 Å². The molecule has 1 aliphatic carbocycles. The number of ether oxygens (including phenoxy) is 1. The van der Waals surface area contributed by atoms with Crippen molar-refractivity contribution in [2.24, 2.45) is 0 Å². The monoisotopic (exact) mass is 227 g/mol. The summed E-state index contributed by atoms with van der Waals surface area (Å²) in [6.45, 7) is 2.00. The Balaban J connectivity index is 1.94. The van der Waals surface area contributed by atoms with Crippen LogP contribution < -0.4 is 0 Å². The molecule has 1 aromatic heterocycles. The third-order valence-electron chi connectivity index (χ3n) is 4.07. The summed E-state index contributed by atoms with van der Waals surface area (Å²) in [4.78, 5) is 0. The number of aromatic nitrogens is 1. The largest absolute Gasteiger partial charge is 0.371 e. The summed E-state index contributed by atoms with van der Waals surface area (Å²) in [7, 11) is 0. The highest BCUT2D eigenvalue weighted by atomic mass is 16.6. The van der Waals surface area contributed by atoms with E-state index in [1.165, 1.54) is 36.6 Å². The Kier molecular flexibility index (Phi) is 2.06. The summed E-state index contributed by atoms with van der Waals surface area (Å²) in [6, 6.07) is 8.85. The molecule has 88 valence electrons. The minimum absolute atomic E-state index is 0.469. The van der Waals surface area contributed by atoms with Crippen LogP contribution in [-0.2, 0) is 24.1 Å². The molecule has 0 bridgehead atoms. The van der Waals surface area contributed by atoms with Crippen LogP contribution in [0.4, 0.5) is 0 Å². The highest BCUT2D eigenvalue weighted by Gasteiger charge is 2.27. The van der Waals surface area contributed by atoms with Crippen LogP contribution in [0.25, 0.3) is 10.9 Å². The van der Waals surface area contributed by atoms with Gasteiger partial charge in [-0.05, 0) is 37.3 Å². The quantitative estimate of drug-likeness (QED) is 0.721. The van der Waals surface area contributed by atoms with E-state index in [0.717, 1.165) is 13.2 Å². The highest BCUT2D eigenvalue weighted by molar-refractivity contribution is 5.85. The van der Waals surface area contributed by atoms with Gasteiger partial charge in [-0.3, -0.25) is 0 Å². The Hall–Kier alpha value is -1.28. The maximum atomic E-state index is 5.40. The molecular formula is C15H17NO. The third-order valence-corrected chi connectivity index (χ3v) is 4.07. The first-order valence-electron chi connectivity index (χ1n) is 6.64. The molecule has 0 saturated carbocycles. The average Bonchev–Trinajstić information content (AvgIpc) is 3.15. The zero-order chi connectivity index (χ0) is 11.2. The smallest absolute Gasteiger partial charge is 0.0988 e. The molecule has 1 aromatic carbocycles. The lowest BCUT2D eigenvalue weighted by Gasteiger charge is -2.15. The van der Waals surface area contributed by atoms with Crippen LogP contribution in [0.5, 0.6) is 0 Å². The lowest BCUT2D eigenvalue weighted by Crippen LogP contribution is -2.11. The molecule has 4 rings (SSSR count). The van der Waals surface area contributed by atoms with Gasteiger partial charge in [-0.25, -0.2) is 0 Å². The number of hydrogen-bond donors (Lipinski definition) is 0. The molecule has 0 unspecified atom stereocenters. The van der Waals surface area contributed by atoms with Crippen molar-refractivity contribution in [1.29, 1.82) is 0 Å². The van der Waals surface area contributed by atoms with Crippen molar-refractivity contribution >= 4 is 10.9 Å². The second kappa shape index (κ2) is 3.61. The van der Waals surface area contributed by atoms with E-state index >= 15 is 0 Å². The molecule has 1 saturated heterocycles. The van der Waals surface area contributed by atoms with Crippen molar-refractivity contribution in [3.05, 3.63) is 35.5 Å². The molecule has 0 radical (unpaired) electrons. The Morgan fingerprint density at radius 3 is 2.88 bits per heavy atom. The number of hydrogen-bond acceptors (Lipinski definition) is 1. The Bertz CT molecular complexity index is 566. The average molecular weight is 227 g/mol. The minimum Gasteiger partial charge on any atom is -0.371 e. The second-order valence-electron chi connectivity index (χ2n) is 5.22. The zero-order valence-corrected chi connectivity index (χ0v) is 9.98. The van der Waals surface area contributed by atoms with Gasteiger partial charge in [0.15, 0.2) is 0 Å². The summed E-state index contributed by atoms with van der Waals surface area (Å²) in [5.41, 5.74) is 4.59. The molecule has 2 nitrogen and oxygen atoms in total. The molecule has 2 heterocycles. The Morgan fingerprint density at radius 2 is 2.00 bits per heavy atom. The van der Waals surface area contributed by atoms with Crippen LogP contribution in [0.2, 0.25) is 0 Å².